The second-order valence-corrected chi connectivity index (χ2v) is 8.98. The number of nitrogens with one attached hydrogen (secondary N) is 1. The van der Waals surface area contributed by atoms with Gasteiger partial charge in [-0.2, -0.15) is 0 Å². The van der Waals surface area contributed by atoms with E-state index in [-0.39, 0.29) is 0 Å². The van der Waals surface area contributed by atoms with E-state index < -0.39 is 26.2 Å². The topological polar surface area (TPSA) is 66.5 Å². The molecule has 0 aliphatic carbocycles. The highest BCUT2D eigenvalue weighted by molar-refractivity contribution is 7.93. The van der Waals surface area contributed by atoms with Crippen molar-refractivity contribution in [1.29, 1.82) is 0 Å². The SMILES string of the molecule is CCN(C)Cc1cccc(CNC(=O)[C@H](C)S(=O)(=O)C(C)C)c1. The molecule has 0 heterocycles. The molecule has 0 aliphatic rings. The zero-order valence-electron chi connectivity index (χ0n) is 14.7. The number of benzene rings is 1. The summed E-state index contributed by atoms with van der Waals surface area (Å²) in [7, 11) is -1.38. The zero-order chi connectivity index (χ0) is 17.6. The Morgan fingerprint density at radius 3 is 2.39 bits per heavy atom. The van der Waals surface area contributed by atoms with Crippen molar-refractivity contribution in [2.75, 3.05) is 13.6 Å². The third kappa shape index (κ3) is 5.62. The number of amides is 1. The van der Waals surface area contributed by atoms with Crippen molar-refractivity contribution in [3.8, 4) is 0 Å². The number of nitrogens with zero attached hydrogens (tertiary/aromatic N) is 1. The summed E-state index contributed by atoms with van der Waals surface area (Å²) in [6.45, 7) is 8.86. The minimum Gasteiger partial charge on any atom is -0.351 e. The van der Waals surface area contributed by atoms with Gasteiger partial charge in [-0.25, -0.2) is 8.42 Å². The van der Waals surface area contributed by atoms with Crippen LogP contribution in [0.2, 0.25) is 0 Å². The molecule has 5 nitrogen and oxygen atoms in total. The molecule has 0 fully saturated rings. The van der Waals surface area contributed by atoms with Gasteiger partial charge in [0, 0.05) is 13.1 Å². The van der Waals surface area contributed by atoms with Gasteiger partial charge >= 0.3 is 0 Å². The lowest BCUT2D eigenvalue weighted by Gasteiger charge is -2.16. The molecule has 0 unspecified atom stereocenters. The van der Waals surface area contributed by atoms with Gasteiger partial charge in [-0.05, 0) is 45.5 Å². The van der Waals surface area contributed by atoms with Crippen LogP contribution in [0.3, 0.4) is 0 Å². The van der Waals surface area contributed by atoms with Gasteiger partial charge in [0.15, 0.2) is 9.84 Å². The van der Waals surface area contributed by atoms with Crippen LogP contribution in [-0.4, -0.2) is 43.3 Å². The van der Waals surface area contributed by atoms with Crippen molar-refractivity contribution in [2.45, 2.75) is 51.3 Å². The van der Waals surface area contributed by atoms with Crippen LogP contribution in [0.4, 0.5) is 0 Å². The largest absolute Gasteiger partial charge is 0.351 e. The Bertz CT molecular complexity index is 626. The first-order valence-electron chi connectivity index (χ1n) is 7.95. The number of hydrogen-bond donors (Lipinski definition) is 1. The normalized spacial score (nSPS) is 13.3. The summed E-state index contributed by atoms with van der Waals surface area (Å²) in [4.78, 5) is 14.3. The van der Waals surface area contributed by atoms with Crippen LogP contribution < -0.4 is 5.32 Å². The molecule has 0 saturated carbocycles. The molecule has 6 heteroatoms. The van der Waals surface area contributed by atoms with E-state index in [4.69, 9.17) is 0 Å². The summed E-state index contributed by atoms with van der Waals surface area (Å²) in [5, 5.41) is 1.13. The minimum atomic E-state index is -3.43. The minimum absolute atomic E-state index is 0.334. The van der Waals surface area contributed by atoms with Crippen molar-refractivity contribution in [1.82, 2.24) is 10.2 Å². The summed E-state index contributed by atoms with van der Waals surface area (Å²) in [5.74, 6) is -0.449. The molecule has 1 rings (SSSR count). The van der Waals surface area contributed by atoms with Crippen molar-refractivity contribution in [3.63, 3.8) is 0 Å². The van der Waals surface area contributed by atoms with Gasteiger partial charge in [0.1, 0.15) is 5.25 Å². The Morgan fingerprint density at radius 1 is 1.22 bits per heavy atom. The summed E-state index contributed by atoms with van der Waals surface area (Å²) < 4.78 is 24.1. The van der Waals surface area contributed by atoms with E-state index >= 15 is 0 Å². The molecule has 0 bridgehead atoms. The van der Waals surface area contributed by atoms with E-state index in [1.165, 1.54) is 12.5 Å². The average molecular weight is 340 g/mol. The van der Waals surface area contributed by atoms with E-state index in [9.17, 15) is 13.2 Å². The van der Waals surface area contributed by atoms with Crippen LogP contribution in [0.5, 0.6) is 0 Å². The van der Waals surface area contributed by atoms with Crippen molar-refractivity contribution >= 4 is 15.7 Å². The van der Waals surface area contributed by atoms with Gasteiger partial charge in [0.25, 0.3) is 0 Å². The van der Waals surface area contributed by atoms with Crippen molar-refractivity contribution in [3.05, 3.63) is 35.4 Å². The maximum Gasteiger partial charge on any atom is 0.238 e. The molecule has 0 spiro atoms. The Kier molecular flexibility index (Phi) is 7.22. The van der Waals surface area contributed by atoms with Crippen LogP contribution in [0.15, 0.2) is 24.3 Å². The monoisotopic (exact) mass is 340 g/mol. The van der Waals surface area contributed by atoms with Crippen molar-refractivity contribution in [2.24, 2.45) is 0 Å². The van der Waals surface area contributed by atoms with Gasteiger partial charge in [0.05, 0.1) is 5.25 Å². The van der Waals surface area contributed by atoms with Gasteiger partial charge in [-0.1, -0.05) is 31.2 Å². The Balaban J connectivity index is 2.68. The summed E-state index contributed by atoms with van der Waals surface area (Å²) >= 11 is 0. The molecule has 1 N–H and O–H groups in total. The van der Waals surface area contributed by atoms with E-state index in [1.807, 2.05) is 31.3 Å². The Labute approximate surface area is 140 Å². The smallest absolute Gasteiger partial charge is 0.238 e. The third-order valence-electron chi connectivity index (χ3n) is 3.97. The fourth-order valence-electron chi connectivity index (χ4n) is 2.15. The molecule has 0 aromatic heterocycles. The van der Waals surface area contributed by atoms with E-state index in [0.29, 0.717) is 6.54 Å². The molecule has 0 saturated heterocycles. The molecule has 0 aliphatic heterocycles. The van der Waals surface area contributed by atoms with Crippen LogP contribution >= 0.6 is 0 Å². The van der Waals surface area contributed by atoms with Crippen molar-refractivity contribution < 1.29 is 13.2 Å². The highest BCUT2D eigenvalue weighted by Crippen LogP contribution is 2.11. The number of carbonyl (C=O) groups is 1. The summed E-state index contributed by atoms with van der Waals surface area (Å²) in [5.41, 5.74) is 2.14. The second-order valence-electron chi connectivity index (χ2n) is 6.15. The number of sulfone groups is 1. The lowest BCUT2D eigenvalue weighted by molar-refractivity contribution is -0.120. The highest BCUT2D eigenvalue weighted by atomic mass is 32.2. The number of hydrogen-bond acceptors (Lipinski definition) is 4. The van der Waals surface area contributed by atoms with Crippen LogP contribution in [0.25, 0.3) is 0 Å². The van der Waals surface area contributed by atoms with Crippen LogP contribution in [0.1, 0.15) is 38.8 Å². The van der Waals surface area contributed by atoms with Gasteiger partial charge < -0.3 is 10.2 Å². The standard InChI is InChI=1S/C17H28N2O3S/c1-6-19(5)12-16-9-7-8-15(10-16)11-18-17(20)14(4)23(21,22)13(2)3/h7-10,13-14H,6,11-12H2,1-5H3,(H,18,20)/t14-/m0/s1. The number of rotatable bonds is 8. The predicted octanol–water partition coefficient (Wildman–Crippen LogP) is 1.97. The van der Waals surface area contributed by atoms with E-state index in [1.54, 1.807) is 13.8 Å². The molecule has 1 aromatic rings. The Morgan fingerprint density at radius 2 is 1.83 bits per heavy atom. The first kappa shape index (κ1) is 19.6. The quantitative estimate of drug-likeness (QED) is 0.786. The molecule has 130 valence electrons. The Hall–Kier alpha value is -1.40. The van der Waals surface area contributed by atoms with Crippen LogP contribution in [0, 0.1) is 0 Å². The maximum atomic E-state index is 12.1. The van der Waals surface area contributed by atoms with Gasteiger partial charge in [0.2, 0.25) is 5.91 Å². The average Bonchev–Trinajstić information content (AvgIpc) is 2.51. The third-order valence-corrected chi connectivity index (χ3v) is 6.48. The van der Waals surface area contributed by atoms with Gasteiger partial charge in [-0.15, -0.1) is 0 Å². The fraction of sp³-hybridized carbons (Fsp3) is 0.588. The molecular formula is C17H28N2O3S. The fourth-order valence-corrected chi connectivity index (χ4v) is 3.35. The first-order valence-corrected chi connectivity index (χ1v) is 9.56. The summed E-state index contributed by atoms with van der Waals surface area (Å²) in [6.07, 6.45) is 0. The lowest BCUT2D eigenvalue weighted by Crippen LogP contribution is -2.40. The maximum absolute atomic E-state index is 12.1. The highest BCUT2D eigenvalue weighted by Gasteiger charge is 2.30. The summed E-state index contributed by atoms with van der Waals surface area (Å²) in [6, 6.07) is 7.96. The molecule has 0 radical (unpaired) electrons. The zero-order valence-corrected chi connectivity index (χ0v) is 15.5. The first-order chi connectivity index (χ1) is 10.7. The van der Waals surface area contributed by atoms with E-state index in [0.717, 1.165) is 18.7 Å². The van der Waals surface area contributed by atoms with E-state index in [2.05, 4.69) is 17.1 Å². The second kappa shape index (κ2) is 8.45. The lowest BCUT2D eigenvalue weighted by atomic mass is 10.1. The molecule has 1 atom stereocenters. The number of carbonyl (C=O) groups excluding carboxylic acids is 1. The predicted molar refractivity (Wildman–Crippen MR) is 93.8 cm³/mol. The van der Waals surface area contributed by atoms with Crippen LogP contribution in [-0.2, 0) is 27.7 Å². The molecule has 23 heavy (non-hydrogen) atoms. The van der Waals surface area contributed by atoms with Gasteiger partial charge in [-0.3, -0.25) is 4.79 Å². The molecular weight excluding hydrogens is 312 g/mol. The molecule has 1 amide bonds. The molecule has 1 aromatic carbocycles.